The lowest BCUT2D eigenvalue weighted by atomic mass is 10.2. The van der Waals surface area contributed by atoms with Crippen molar-refractivity contribution < 1.29 is 0 Å². The van der Waals surface area contributed by atoms with Crippen LogP contribution in [0.25, 0.3) is 0 Å². The zero-order valence-corrected chi connectivity index (χ0v) is 6.61. The van der Waals surface area contributed by atoms with Crippen molar-refractivity contribution in [3.8, 4) is 0 Å². The SMILES string of the molecule is CNC1=C(N)CCCCC1. The second kappa shape index (κ2) is 3.49. The van der Waals surface area contributed by atoms with Crippen LogP contribution in [0.2, 0.25) is 0 Å². The first-order valence-corrected chi connectivity index (χ1v) is 4.00. The number of hydrogen-bond acceptors (Lipinski definition) is 2. The van der Waals surface area contributed by atoms with Crippen LogP contribution in [0.4, 0.5) is 0 Å². The molecule has 1 aliphatic carbocycles. The minimum absolute atomic E-state index is 1.07. The summed E-state index contributed by atoms with van der Waals surface area (Å²) >= 11 is 0. The van der Waals surface area contributed by atoms with Gasteiger partial charge in [0.2, 0.25) is 0 Å². The molecule has 3 N–H and O–H groups in total. The summed E-state index contributed by atoms with van der Waals surface area (Å²) in [6.45, 7) is 0. The molecule has 0 aromatic carbocycles. The number of nitrogens with one attached hydrogen (secondary N) is 1. The average Bonchev–Trinajstić information content (AvgIpc) is 2.13. The van der Waals surface area contributed by atoms with Crippen molar-refractivity contribution >= 4 is 0 Å². The first-order valence-electron chi connectivity index (χ1n) is 4.00. The van der Waals surface area contributed by atoms with Gasteiger partial charge < -0.3 is 11.1 Å². The van der Waals surface area contributed by atoms with Crippen molar-refractivity contribution in [2.45, 2.75) is 32.1 Å². The van der Waals surface area contributed by atoms with Gasteiger partial charge in [-0.2, -0.15) is 0 Å². The van der Waals surface area contributed by atoms with E-state index in [2.05, 4.69) is 5.32 Å². The monoisotopic (exact) mass is 140 g/mol. The van der Waals surface area contributed by atoms with Gasteiger partial charge in [-0.1, -0.05) is 6.42 Å². The summed E-state index contributed by atoms with van der Waals surface area (Å²) in [5.74, 6) is 0. The zero-order chi connectivity index (χ0) is 7.40. The van der Waals surface area contributed by atoms with Crippen molar-refractivity contribution in [1.82, 2.24) is 5.32 Å². The van der Waals surface area contributed by atoms with E-state index in [0.29, 0.717) is 0 Å². The summed E-state index contributed by atoms with van der Waals surface area (Å²) in [7, 11) is 1.95. The van der Waals surface area contributed by atoms with E-state index in [-0.39, 0.29) is 0 Å². The predicted octanol–water partition coefficient (Wildman–Crippen LogP) is 1.34. The molecular formula is C8H16N2. The lowest BCUT2D eigenvalue weighted by molar-refractivity contribution is 0.697. The highest BCUT2D eigenvalue weighted by Gasteiger charge is 2.05. The van der Waals surface area contributed by atoms with Gasteiger partial charge in [0.25, 0.3) is 0 Å². The fourth-order valence-electron chi connectivity index (χ4n) is 1.39. The molecule has 0 unspecified atom stereocenters. The molecule has 1 aliphatic rings. The Labute approximate surface area is 62.5 Å². The summed E-state index contributed by atoms with van der Waals surface area (Å²) in [6.07, 6.45) is 6.10. The highest BCUT2D eigenvalue weighted by atomic mass is 14.9. The van der Waals surface area contributed by atoms with Gasteiger partial charge in [-0.25, -0.2) is 0 Å². The van der Waals surface area contributed by atoms with Crippen LogP contribution in [0.15, 0.2) is 11.4 Å². The smallest absolute Gasteiger partial charge is 0.0294 e. The molecule has 0 radical (unpaired) electrons. The summed E-state index contributed by atoms with van der Waals surface area (Å²) in [6, 6.07) is 0. The van der Waals surface area contributed by atoms with Crippen molar-refractivity contribution in [1.29, 1.82) is 0 Å². The summed E-state index contributed by atoms with van der Waals surface area (Å²) < 4.78 is 0. The highest BCUT2D eigenvalue weighted by Crippen LogP contribution is 2.17. The van der Waals surface area contributed by atoms with E-state index < -0.39 is 0 Å². The Morgan fingerprint density at radius 3 is 2.60 bits per heavy atom. The summed E-state index contributed by atoms with van der Waals surface area (Å²) in [5, 5.41) is 3.15. The van der Waals surface area contributed by atoms with Crippen LogP contribution in [-0.2, 0) is 0 Å². The van der Waals surface area contributed by atoms with Crippen LogP contribution in [-0.4, -0.2) is 7.05 Å². The average molecular weight is 140 g/mol. The number of nitrogens with two attached hydrogens (primary N) is 1. The van der Waals surface area contributed by atoms with Crippen molar-refractivity contribution in [2.75, 3.05) is 7.05 Å². The van der Waals surface area contributed by atoms with Gasteiger partial charge in [-0.05, 0) is 25.7 Å². The van der Waals surface area contributed by atoms with Gasteiger partial charge in [-0.3, -0.25) is 0 Å². The normalized spacial score (nSPS) is 20.5. The van der Waals surface area contributed by atoms with Gasteiger partial charge in [0.15, 0.2) is 0 Å². The maximum absolute atomic E-state index is 5.81. The molecule has 0 aliphatic heterocycles. The van der Waals surface area contributed by atoms with E-state index >= 15 is 0 Å². The third kappa shape index (κ3) is 1.66. The topological polar surface area (TPSA) is 38.0 Å². The van der Waals surface area contributed by atoms with Gasteiger partial charge in [-0.15, -0.1) is 0 Å². The van der Waals surface area contributed by atoms with E-state index in [4.69, 9.17) is 5.73 Å². The molecule has 10 heavy (non-hydrogen) atoms. The van der Waals surface area contributed by atoms with E-state index in [1.165, 1.54) is 25.0 Å². The highest BCUT2D eigenvalue weighted by molar-refractivity contribution is 5.09. The number of allylic oxidation sites excluding steroid dienone is 2. The maximum Gasteiger partial charge on any atom is 0.0294 e. The minimum atomic E-state index is 1.07. The molecule has 2 nitrogen and oxygen atoms in total. The van der Waals surface area contributed by atoms with E-state index in [0.717, 1.165) is 18.5 Å². The quantitative estimate of drug-likeness (QED) is 0.577. The standard InChI is InChI=1S/C8H16N2/c1-10-8-6-4-2-3-5-7(8)9/h10H,2-6,9H2,1H3. The van der Waals surface area contributed by atoms with Crippen molar-refractivity contribution in [2.24, 2.45) is 5.73 Å². The molecule has 0 amide bonds. The molecule has 0 heterocycles. The molecule has 58 valence electrons. The van der Waals surface area contributed by atoms with Crippen LogP contribution < -0.4 is 11.1 Å². The van der Waals surface area contributed by atoms with Crippen molar-refractivity contribution in [3.05, 3.63) is 11.4 Å². The first kappa shape index (κ1) is 7.45. The third-order valence-corrected chi connectivity index (χ3v) is 2.06. The van der Waals surface area contributed by atoms with Crippen LogP contribution in [0, 0.1) is 0 Å². The first-order chi connectivity index (χ1) is 4.84. The Morgan fingerprint density at radius 1 is 1.20 bits per heavy atom. The molecule has 0 spiro atoms. The molecular weight excluding hydrogens is 124 g/mol. The molecule has 0 fully saturated rings. The van der Waals surface area contributed by atoms with E-state index in [9.17, 15) is 0 Å². The third-order valence-electron chi connectivity index (χ3n) is 2.06. The van der Waals surface area contributed by atoms with Crippen LogP contribution in [0.3, 0.4) is 0 Å². The minimum Gasteiger partial charge on any atom is -0.401 e. The van der Waals surface area contributed by atoms with Gasteiger partial charge in [0.1, 0.15) is 0 Å². The van der Waals surface area contributed by atoms with E-state index in [1.54, 1.807) is 0 Å². The van der Waals surface area contributed by atoms with Crippen LogP contribution in [0.1, 0.15) is 32.1 Å². The Bertz CT molecular complexity index is 138. The van der Waals surface area contributed by atoms with Crippen molar-refractivity contribution in [3.63, 3.8) is 0 Å². The molecule has 0 aromatic heterocycles. The molecule has 0 atom stereocenters. The van der Waals surface area contributed by atoms with Crippen LogP contribution >= 0.6 is 0 Å². The lowest BCUT2D eigenvalue weighted by Crippen LogP contribution is -2.12. The second-order valence-electron chi connectivity index (χ2n) is 2.81. The Kier molecular flexibility index (Phi) is 2.60. The number of rotatable bonds is 1. The molecule has 0 saturated carbocycles. The van der Waals surface area contributed by atoms with Gasteiger partial charge in [0, 0.05) is 18.4 Å². The largest absolute Gasteiger partial charge is 0.401 e. The second-order valence-corrected chi connectivity index (χ2v) is 2.81. The predicted molar refractivity (Wildman–Crippen MR) is 43.4 cm³/mol. The Morgan fingerprint density at radius 2 is 1.90 bits per heavy atom. The van der Waals surface area contributed by atoms with Gasteiger partial charge >= 0.3 is 0 Å². The lowest BCUT2D eigenvalue weighted by Gasteiger charge is -2.06. The van der Waals surface area contributed by atoms with E-state index in [1.807, 2.05) is 7.05 Å². The van der Waals surface area contributed by atoms with Crippen LogP contribution in [0.5, 0.6) is 0 Å². The Balaban J connectivity index is 2.58. The molecule has 0 saturated heterocycles. The fraction of sp³-hybridized carbons (Fsp3) is 0.750. The number of hydrogen-bond donors (Lipinski definition) is 2. The zero-order valence-electron chi connectivity index (χ0n) is 6.61. The molecule has 2 heteroatoms. The maximum atomic E-state index is 5.81. The Hall–Kier alpha value is -0.660. The fourth-order valence-corrected chi connectivity index (χ4v) is 1.39. The summed E-state index contributed by atoms with van der Waals surface area (Å²) in [5.41, 5.74) is 8.14. The van der Waals surface area contributed by atoms with Gasteiger partial charge in [0.05, 0.1) is 0 Å². The summed E-state index contributed by atoms with van der Waals surface area (Å²) in [4.78, 5) is 0. The molecule has 0 aromatic rings. The molecule has 0 bridgehead atoms. The molecule has 1 rings (SSSR count).